The van der Waals surface area contributed by atoms with Crippen LogP contribution in [0.5, 0.6) is 11.5 Å². The summed E-state index contributed by atoms with van der Waals surface area (Å²) in [5.74, 6) is -1.09. The molecular weight excluding hydrogens is 456 g/mol. The number of carboxylic acid groups (broad SMARTS) is 1. The molecule has 9 heteroatoms. The molecule has 3 aromatic carbocycles. The van der Waals surface area contributed by atoms with E-state index in [0.717, 1.165) is 0 Å². The minimum atomic E-state index is -3.07. The maximum Gasteiger partial charge on any atom is 0.387 e. The maximum absolute atomic E-state index is 13.6. The van der Waals surface area contributed by atoms with Gasteiger partial charge in [-0.2, -0.15) is 8.78 Å². The van der Waals surface area contributed by atoms with Gasteiger partial charge in [0.05, 0.1) is 35.3 Å². The minimum Gasteiger partial charge on any atom is -0.490 e. The van der Waals surface area contributed by atoms with Crippen molar-refractivity contribution in [3.63, 3.8) is 0 Å². The highest BCUT2D eigenvalue weighted by Crippen LogP contribution is 2.44. The largest absolute Gasteiger partial charge is 0.490 e. The first-order chi connectivity index (χ1) is 15.7. The van der Waals surface area contributed by atoms with E-state index >= 15 is 0 Å². The van der Waals surface area contributed by atoms with Crippen molar-refractivity contribution in [1.29, 1.82) is 0 Å². The highest BCUT2D eigenvalue weighted by atomic mass is 35.5. The lowest BCUT2D eigenvalue weighted by Crippen LogP contribution is -2.23. The smallest absolute Gasteiger partial charge is 0.387 e. The number of nitrogens with zero attached hydrogens (tertiary/aromatic N) is 1. The third-order valence-electron chi connectivity index (χ3n) is 5.21. The molecule has 0 saturated carbocycles. The van der Waals surface area contributed by atoms with Crippen molar-refractivity contribution in [2.24, 2.45) is 0 Å². The molecule has 0 atom stereocenters. The van der Waals surface area contributed by atoms with Crippen LogP contribution in [0.4, 0.5) is 14.5 Å². The zero-order valence-corrected chi connectivity index (χ0v) is 18.5. The highest BCUT2D eigenvalue weighted by Gasteiger charge is 2.36. The van der Waals surface area contributed by atoms with E-state index in [2.05, 4.69) is 0 Å². The second-order valence-electron chi connectivity index (χ2n) is 7.88. The van der Waals surface area contributed by atoms with Crippen molar-refractivity contribution in [2.45, 2.75) is 39.5 Å². The molecular formula is C24H20ClF2NO5. The predicted molar refractivity (Wildman–Crippen MR) is 120 cm³/mol. The number of carbonyl (C=O) groups is 2. The average molecular weight is 476 g/mol. The van der Waals surface area contributed by atoms with Crippen LogP contribution in [0.2, 0.25) is 5.02 Å². The van der Waals surface area contributed by atoms with Crippen LogP contribution in [0.25, 0.3) is 10.8 Å². The van der Waals surface area contributed by atoms with E-state index in [9.17, 15) is 18.4 Å². The summed E-state index contributed by atoms with van der Waals surface area (Å²) in [6.45, 7) is 0.588. The molecule has 33 heavy (non-hydrogen) atoms. The number of benzene rings is 3. The number of amides is 1. The van der Waals surface area contributed by atoms with Gasteiger partial charge in [-0.15, -0.1) is 0 Å². The highest BCUT2D eigenvalue weighted by molar-refractivity contribution is 6.34. The van der Waals surface area contributed by atoms with Gasteiger partial charge in [0, 0.05) is 10.9 Å². The first kappa shape index (κ1) is 22.8. The second-order valence-corrected chi connectivity index (χ2v) is 8.28. The van der Waals surface area contributed by atoms with Gasteiger partial charge in [-0.25, -0.2) is 0 Å². The lowest BCUT2D eigenvalue weighted by atomic mass is 9.98. The zero-order chi connectivity index (χ0) is 23.9. The Morgan fingerprint density at radius 1 is 1.15 bits per heavy atom. The van der Waals surface area contributed by atoms with Gasteiger partial charge < -0.3 is 19.5 Å². The molecule has 0 aromatic heterocycles. The first-order valence-electron chi connectivity index (χ1n) is 10.2. The third-order valence-corrected chi connectivity index (χ3v) is 5.51. The van der Waals surface area contributed by atoms with Crippen molar-refractivity contribution in [3.8, 4) is 11.5 Å². The van der Waals surface area contributed by atoms with Crippen molar-refractivity contribution < 1.29 is 33.0 Å². The van der Waals surface area contributed by atoms with E-state index in [4.69, 9.17) is 26.2 Å². The monoisotopic (exact) mass is 475 g/mol. The molecule has 3 aromatic rings. The molecule has 6 nitrogen and oxygen atoms in total. The van der Waals surface area contributed by atoms with Crippen LogP contribution >= 0.6 is 11.6 Å². The molecule has 0 saturated heterocycles. The number of carbonyl (C=O) groups excluding carboxylic acids is 1. The van der Waals surface area contributed by atoms with Crippen molar-refractivity contribution in [1.82, 2.24) is 0 Å². The maximum atomic E-state index is 13.6. The number of rotatable bonds is 7. The molecule has 0 radical (unpaired) electrons. The molecule has 0 bridgehead atoms. The number of hydrogen-bond donors (Lipinski definition) is 1. The summed E-state index contributed by atoms with van der Waals surface area (Å²) in [4.78, 5) is 25.9. The number of aliphatic carboxylic acids is 1. The van der Waals surface area contributed by atoms with Crippen LogP contribution in [0.15, 0.2) is 42.5 Å². The lowest BCUT2D eigenvalue weighted by molar-refractivity contribution is -0.136. The number of halogens is 3. The van der Waals surface area contributed by atoms with Crippen LogP contribution < -0.4 is 14.4 Å². The Morgan fingerprint density at radius 3 is 2.55 bits per heavy atom. The fraction of sp³-hybridized carbons (Fsp3) is 0.250. The molecule has 1 amide bonds. The Hall–Kier alpha value is -3.39. The van der Waals surface area contributed by atoms with E-state index in [1.165, 1.54) is 17.0 Å². The molecule has 1 aliphatic heterocycles. The molecule has 1 heterocycles. The van der Waals surface area contributed by atoms with Crippen LogP contribution in [-0.2, 0) is 17.8 Å². The predicted octanol–water partition coefficient (Wildman–Crippen LogP) is 5.67. The second kappa shape index (κ2) is 8.86. The number of fused-ring (bicyclic) bond motifs is 3. The van der Waals surface area contributed by atoms with Crippen LogP contribution in [0, 0.1) is 0 Å². The van der Waals surface area contributed by atoms with Gasteiger partial charge in [-0.1, -0.05) is 29.8 Å². The SMILES string of the molecule is CC(C)Oc1cccc2cc(OC(F)F)c3c(c12)C(=O)N(c1ccc(CC(=O)O)cc1Cl)C3. The molecule has 1 aliphatic rings. The number of alkyl halides is 2. The Labute approximate surface area is 193 Å². The summed E-state index contributed by atoms with van der Waals surface area (Å²) in [6, 6.07) is 11.2. The fourth-order valence-electron chi connectivity index (χ4n) is 4.00. The first-order valence-corrected chi connectivity index (χ1v) is 10.6. The number of ether oxygens (including phenoxy) is 2. The summed E-state index contributed by atoms with van der Waals surface area (Å²) >= 11 is 6.38. The number of hydrogen-bond acceptors (Lipinski definition) is 4. The van der Waals surface area contributed by atoms with Gasteiger partial charge in [-0.3, -0.25) is 9.59 Å². The Bertz CT molecular complexity index is 1260. The van der Waals surface area contributed by atoms with Crippen molar-refractivity contribution >= 4 is 39.9 Å². The number of carboxylic acids is 1. The number of anilines is 1. The Morgan fingerprint density at radius 2 is 1.91 bits per heavy atom. The normalized spacial score (nSPS) is 13.2. The molecule has 1 N–H and O–H groups in total. The third kappa shape index (κ3) is 4.43. The topological polar surface area (TPSA) is 76.1 Å². The standard InChI is InChI=1S/C24H20ClF2NO5/c1-12(2)32-18-5-3-4-14-10-19(33-24(26)27)15-11-28(23(31)22(15)21(14)18)17-7-6-13(8-16(17)25)9-20(29)30/h3-8,10,12,24H,9,11H2,1-2H3,(H,29,30). The molecule has 0 aliphatic carbocycles. The molecule has 4 rings (SSSR count). The average Bonchev–Trinajstić information content (AvgIpc) is 3.04. The van der Waals surface area contributed by atoms with Crippen LogP contribution in [-0.4, -0.2) is 29.7 Å². The lowest BCUT2D eigenvalue weighted by Gasteiger charge is -2.18. The Balaban J connectivity index is 1.86. The van der Waals surface area contributed by atoms with Crippen molar-refractivity contribution in [3.05, 3.63) is 64.2 Å². The summed E-state index contributed by atoms with van der Waals surface area (Å²) < 4.78 is 37.0. The van der Waals surface area contributed by atoms with Gasteiger partial charge >= 0.3 is 12.6 Å². The van der Waals surface area contributed by atoms with E-state index in [1.807, 2.05) is 13.8 Å². The van der Waals surface area contributed by atoms with Crippen molar-refractivity contribution in [2.75, 3.05) is 4.90 Å². The van der Waals surface area contributed by atoms with Gasteiger partial charge in [0.25, 0.3) is 5.91 Å². The van der Waals surface area contributed by atoms with Crippen LogP contribution in [0.3, 0.4) is 0 Å². The van der Waals surface area contributed by atoms with Crippen LogP contribution in [0.1, 0.15) is 35.3 Å². The van der Waals surface area contributed by atoms with Gasteiger partial charge in [0.15, 0.2) is 0 Å². The van der Waals surface area contributed by atoms with E-state index in [1.54, 1.807) is 30.3 Å². The molecule has 0 unspecified atom stereocenters. The summed E-state index contributed by atoms with van der Waals surface area (Å²) in [6.07, 6.45) is -0.395. The van der Waals surface area contributed by atoms with E-state index in [0.29, 0.717) is 33.3 Å². The molecule has 172 valence electrons. The van der Waals surface area contributed by atoms with E-state index in [-0.39, 0.29) is 35.4 Å². The summed E-state index contributed by atoms with van der Waals surface area (Å²) in [5.41, 5.74) is 1.33. The summed E-state index contributed by atoms with van der Waals surface area (Å²) in [5, 5.41) is 10.2. The molecule has 0 spiro atoms. The summed E-state index contributed by atoms with van der Waals surface area (Å²) in [7, 11) is 0. The minimum absolute atomic E-state index is 0.0415. The van der Waals surface area contributed by atoms with Gasteiger partial charge in [0.2, 0.25) is 0 Å². The fourth-order valence-corrected chi connectivity index (χ4v) is 4.30. The van der Waals surface area contributed by atoms with E-state index < -0.39 is 18.5 Å². The van der Waals surface area contributed by atoms with Gasteiger partial charge in [0.1, 0.15) is 11.5 Å². The zero-order valence-electron chi connectivity index (χ0n) is 17.8. The Kier molecular flexibility index (Phi) is 6.12. The quantitative estimate of drug-likeness (QED) is 0.476. The van der Waals surface area contributed by atoms with Gasteiger partial charge in [-0.05, 0) is 49.1 Å². The molecule has 0 fully saturated rings.